The molecule has 0 fully saturated rings. The first-order valence-corrected chi connectivity index (χ1v) is 6.68. The number of methoxy groups -OCH3 is 1. The fourth-order valence-corrected chi connectivity index (χ4v) is 1.65. The first-order valence-electron chi connectivity index (χ1n) is 6.68. The van der Waals surface area contributed by atoms with E-state index in [-0.39, 0.29) is 11.6 Å². The summed E-state index contributed by atoms with van der Waals surface area (Å²) in [5, 5.41) is 3.45. The van der Waals surface area contributed by atoms with Gasteiger partial charge in [0.25, 0.3) is 0 Å². The fraction of sp³-hybridized carbons (Fsp3) is 0.667. The highest BCUT2D eigenvalue weighted by atomic mass is 16.5. The molecular formula is C15H26N2O2. The monoisotopic (exact) mass is 266 g/mol. The molecule has 1 aromatic heterocycles. The van der Waals surface area contributed by atoms with Gasteiger partial charge in [-0.3, -0.25) is 4.98 Å². The van der Waals surface area contributed by atoms with Gasteiger partial charge in [0.15, 0.2) is 0 Å². The molecule has 0 radical (unpaired) electrons. The molecule has 108 valence electrons. The first kappa shape index (κ1) is 15.9. The molecular weight excluding hydrogens is 240 g/mol. The molecule has 0 aromatic carbocycles. The van der Waals surface area contributed by atoms with Crippen molar-refractivity contribution in [2.24, 2.45) is 0 Å². The molecule has 1 N–H and O–H groups in total. The molecule has 0 aliphatic carbocycles. The Bertz CT molecular complexity index is 400. The number of pyridine rings is 1. The third-order valence-corrected chi connectivity index (χ3v) is 2.62. The second-order valence-electron chi connectivity index (χ2n) is 5.92. The zero-order valence-electron chi connectivity index (χ0n) is 12.9. The molecule has 0 saturated carbocycles. The maximum Gasteiger partial charge on any atom is 0.127 e. The van der Waals surface area contributed by atoms with Gasteiger partial charge in [-0.15, -0.1) is 0 Å². The van der Waals surface area contributed by atoms with E-state index >= 15 is 0 Å². The Morgan fingerprint density at radius 1 is 1.37 bits per heavy atom. The molecule has 4 heteroatoms. The zero-order valence-corrected chi connectivity index (χ0v) is 12.9. The van der Waals surface area contributed by atoms with Crippen LogP contribution in [0.1, 0.15) is 39.0 Å². The maximum absolute atomic E-state index is 5.93. The van der Waals surface area contributed by atoms with Gasteiger partial charge in [0, 0.05) is 42.7 Å². The van der Waals surface area contributed by atoms with Gasteiger partial charge in [-0.2, -0.15) is 0 Å². The summed E-state index contributed by atoms with van der Waals surface area (Å²) in [7, 11) is 1.68. The van der Waals surface area contributed by atoms with Gasteiger partial charge in [0.05, 0.1) is 6.61 Å². The third kappa shape index (κ3) is 6.03. The van der Waals surface area contributed by atoms with Crippen molar-refractivity contribution in [2.45, 2.75) is 52.8 Å². The van der Waals surface area contributed by atoms with Gasteiger partial charge >= 0.3 is 0 Å². The number of nitrogens with zero attached hydrogens (tertiary/aromatic N) is 1. The summed E-state index contributed by atoms with van der Waals surface area (Å²) in [6.45, 7) is 11.7. The smallest absolute Gasteiger partial charge is 0.127 e. The van der Waals surface area contributed by atoms with E-state index in [1.165, 1.54) is 0 Å². The van der Waals surface area contributed by atoms with Gasteiger partial charge in [-0.25, -0.2) is 0 Å². The van der Waals surface area contributed by atoms with Gasteiger partial charge in [-0.1, -0.05) is 0 Å². The minimum absolute atomic E-state index is 0.0280. The summed E-state index contributed by atoms with van der Waals surface area (Å²) < 4.78 is 11.0. The average molecular weight is 266 g/mol. The molecule has 1 heterocycles. The van der Waals surface area contributed by atoms with Crippen molar-refractivity contribution in [2.75, 3.05) is 13.7 Å². The summed E-state index contributed by atoms with van der Waals surface area (Å²) in [6, 6.07) is 1.98. The van der Waals surface area contributed by atoms with Crippen molar-refractivity contribution in [3.63, 3.8) is 0 Å². The number of aromatic nitrogens is 1. The van der Waals surface area contributed by atoms with E-state index in [1.807, 2.05) is 26.1 Å². The zero-order chi connectivity index (χ0) is 14.5. The minimum Gasteiger partial charge on any atom is -0.488 e. The minimum atomic E-state index is 0.0280. The molecule has 0 aliphatic heterocycles. The van der Waals surface area contributed by atoms with Crippen LogP contribution in [0.5, 0.6) is 5.75 Å². The number of nitrogens with one attached hydrogen (secondary N) is 1. The van der Waals surface area contributed by atoms with Crippen LogP contribution in [-0.4, -0.2) is 30.3 Å². The topological polar surface area (TPSA) is 43.4 Å². The Morgan fingerprint density at radius 2 is 2.05 bits per heavy atom. The van der Waals surface area contributed by atoms with Crippen LogP contribution >= 0.6 is 0 Å². The predicted octanol–water partition coefficient (Wildman–Crippen LogP) is 2.69. The van der Waals surface area contributed by atoms with Crippen LogP contribution in [0.15, 0.2) is 12.3 Å². The van der Waals surface area contributed by atoms with Crippen molar-refractivity contribution in [3.8, 4) is 5.75 Å². The van der Waals surface area contributed by atoms with Gasteiger partial charge in [0.2, 0.25) is 0 Å². The third-order valence-electron chi connectivity index (χ3n) is 2.62. The summed E-state index contributed by atoms with van der Waals surface area (Å²) >= 11 is 0. The number of hydrogen-bond donors (Lipinski definition) is 1. The molecule has 0 bridgehead atoms. The van der Waals surface area contributed by atoms with E-state index in [4.69, 9.17) is 9.47 Å². The van der Waals surface area contributed by atoms with E-state index in [1.54, 1.807) is 7.11 Å². The quantitative estimate of drug-likeness (QED) is 0.859. The Labute approximate surface area is 116 Å². The van der Waals surface area contributed by atoms with Gasteiger partial charge < -0.3 is 14.8 Å². The molecule has 1 aromatic rings. The Balaban J connectivity index is 2.79. The number of ether oxygens (including phenoxy) is 2. The van der Waals surface area contributed by atoms with Crippen LogP contribution < -0.4 is 10.1 Å². The lowest BCUT2D eigenvalue weighted by molar-refractivity contribution is 0.0911. The Hall–Kier alpha value is -1.13. The molecule has 0 amide bonds. The first-order chi connectivity index (χ1) is 8.81. The van der Waals surface area contributed by atoms with Crippen molar-refractivity contribution < 1.29 is 9.47 Å². The summed E-state index contributed by atoms with van der Waals surface area (Å²) in [6.07, 6.45) is 1.91. The molecule has 4 nitrogen and oxygen atoms in total. The lowest BCUT2D eigenvalue weighted by atomic mass is 10.1. The van der Waals surface area contributed by atoms with Gasteiger partial charge in [-0.05, 0) is 34.6 Å². The van der Waals surface area contributed by atoms with E-state index in [9.17, 15) is 0 Å². The lowest BCUT2D eigenvalue weighted by Crippen LogP contribution is -2.35. The highest BCUT2D eigenvalue weighted by Gasteiger charge is 2.13. The largest absolute Gasteiger partial charge is 0.488 e. The summed E-state index contributed by atoms with van der Waals surface area (Å²) in [5.74, 6) is 0.883. The number of rotatable bonds is 6. The van der Waals surface area contributed by atoms with Crippen molar-refractivity contribution in [1.82, 2.24) is 10.3 Å². The second-order valence-corrected chi connectivity index (χ2v) is 5.92. The predicted molar refractivity (Wildman–Crippen MR) is 77.5 cm³/mol. The van der Waals surface area contributed by atoms with Crippen molar-refractivity contribution in [1.29, 1.82) is 0 Å². The van der Waals surface area contributed by atoms with Crippen LogP contribution in [0.2, 0.25) is 0 Å². The molecule has 1 rings (SSSR count). The molecule has 1 atom stereocenters. The van der Waals surface area contributed by atoms with Crippen LogP contribution in [0.4, 0.5) is 0 Å². The van der Waals surface area contributed by atoms with E-state index < -0.39 is 0 Å². The molecule has 0 saturated heterocycles. The van der Waals surface area contributed by atoms with E-state index in [0.717, 1.165) is 23.6 Å². The molecule has 19 heavy (non-hydrogen) atoms. The fourth-order valence-electron chi connectivity index (χ4n) is 1.65. The van der Waals surface area contributed by atoms with Crippen molar-refractivity contribution in [3.05, 3.63) is 23.5 Å². The number of aryl methyl sites for hydroxylation is 1. The SMILES string of the molecule is COCC(C)Oc1cc(C)ncc1CNC(C)(C)C. The normalized spacial score (nSPS) is 13.4. The molecule has 0 spiro atoms. The van der Waals surface area contributed by atoms with Gasteiger partial charge in [0.1, 0.15) is 11.9 Å². The van der Waals surface area contributed by atoms with Crippen molar-refractivity contribution >= 4 is 0 Å². The van der Waals surface area contributed by atoms with E-state index in [0.29, 0.717) is 6.61 Å². The molecule has 0 aliphatic rings. The number of hydrogen-bond acceptors (Lipinski definition) is 4. The van der Waals surface area contributed by atoms with Crippen LogP contribution in [0.25, 0.3) is 0 Å². The second kappa shape index (κ2) is 6.87. The van der Waals surface area contributed by atoms with Crippen LogP contribution in [0.3, 0.4) is 0 Å². The highest BCUT2D eigenvalue weighted by molar-refractivity contribution is 5.33. The summed E-state index contributed by atoms with van der Waals surface area (Å²) in [4.78, 5) is 4.34. The Kier molecular flexibility index (Phi) is 5.76. The summed E-state index contributed by atoms with van der Waals surface area (Å²) in [5.41, 5.74) is 2.10. The maximum atomic E-state index is 5.93. The van der Waals surface area contributed by atoms with E-state index in [2.05, 4.69) is 31.1 Å². The molecule has 1 unspecified atom stereocenters. The standard InChI is InChI=1S/C15H26N2O2/c1-11-7-14(19-12(2)10-18-6)13(8-16-11)9-17-15(3,4)5/h7-8,12,17H,9-10H2,1-6H3. The average Bonchev–Trinajstić information content (AvgIpc) is 2.27. The van der Waals surface area contributed by atoms with Crippen LogP contribution in [0, 0.1) is 6.92 Å². The van der Waals surface area contributed by atoms with Crippen LogP contribution in [-0.2, 0) is 11.3 Å². The lowest BCUT2D eigenvalue weighted by Gasteiger charge is -2.22. The highest BCUT2D eigenvalue weighted by Crippen LogP contribution is 2.20. The Morgan fingerprint density at radius 3 is 2.63 bits per heavy atom.